The number of hydrogen-bond acceptors (Lipinski definition) is 14. The molecule has 0 spiro atoms. The highest BCUT2D eigenvalue weighted by Crippen LogP contribution is 2.41. The number of nitrogens with zero attached hydrogens (tertiary/aromatic N) is 4. The number of alkyl carbamates (subject to hydrolysis) is 1. The van der Waals surface area contributed by atoms with E-state index in [0.717, 1.165) is 5.52 Å². The van der Waals surface area contributed by atoms with Crippen LogP contribution in [0.5, 0.6) is 0 Å². The monoisotopic (exact) mass is 793 g/mol. The first-order chi connectivity index (χ1) is 26.9. The normalized spacial score (nSPS) is 37.4. The number of pyridine rings is 2. The lowest BCUT2D eigenvalue weighted by atomic mass is 9.73. The number of likely N-dealkylation sites (N-methyl/N-ethyl adjacent to an activating group) is 1. The van der Waals surface area contributed by atoms with Gasteiger partial charge in [0, 0.05) is 41.8 Å². The summed E-state index contributed by atoms with van der Waals surface area (Å²) in [6.45, 7) is 14.2. The second-order valence-corrected chi connectivity index (χ2v) is 16.3. The SMILES string of the molecule is CC[C@H]1OC(=O)[C@H](C)C(=O)[C@H](C)[C@@H](O[C@@H]2O[C@H](C)C[C@H](N(C)C)[C@H]2O)[C@@](C)(OCC#Cc2cnc3cccnc3c2)C[C@@H](C)/C(=N\OC)[C@H](C)[C@H]2NC(=O)O[C@@]21C. The number of hydrogen-bond donors (Lipinski definition) is 2. The molecule has 2 aromatic rings. The van der Waals surface area contributed by atoms with E-state index in [1.807, 2.05) is 71.8 Å². The van der Waals surface area contributed by atoms with Crippen LogP contribution < -0.4 is 5.32 Å². The van der Waals surface area contributed by atoms with Crippen molar-refractivity contribution in [3.05, 3.63) is 36.2 Å². The van der Waals surface area contributed by atoms with Gasteiger partial charge in [-0.3, -0.25) is 19.6 Å². The first-order valence-electron chi connectivity index (χ1n) is 19.8. The van der Waals surface area contributed by atoms with E-state index in [0.29, 0.717) is 29.6 Å². The summed E-state index contributed by atoms with van der Waals surface area (Å²) in [7, 11) is 5.20. The fourth-order valence-electron chi connectivity index (χ4n) is 8.78. The molecule has 0 aromatic carbocycles. The van der Waals surface area contributed by atoms with Crippen molar-refractivity contribution in [2.75, 3.05) is 27.8 Å². The van der Waals surface area contributed by atoms with Crippen molar-refractivity contribution >= 4 is 34.6 Å². The second kappa shape index (κ2) is 18.2. The zero-order valence-electron chi connectivity index (χ0n) is 35.0. The van der Waals surface area contributed by atoms with Crippen LogP contribution >= 0.6 is 0 Å². The number of amides is 1. The van der Waals surface area contributed by atoms with Gasteiger partial charge in [-0.1, -0.05) is 44.7 Å². The average molecular weight is 794 g/mol. The van der Waals surface area contributed by atoms with Gasteiger partial charge in [0.2, 0.25) is 0 Å². The molecule has 1 amide bonds. The van der Waals surface area contributed by atoms with Crippen LogP contribution in [0.4, 0.5) is 4.79 Å². The maximum Gasteiger partial charge on any atom is 0.408 e. The smallest absolute Gasteiger partial charge is 0.408 e. The Labute approximate surface area is 335 Å². The number of oxime groups is 1. The zero-order chi connectivity index (χ0) is 41.8. The Balaban J connectivity index is 1.61. The second-order valence-electron chi connectivity index (χ2n) is 16.3. The number of ketones is 1. The minimum Gasteiger partial charge on any atom is -0.458 e. The highest BCUT2D eigenvalue weighted by Gasteiger charge is 2.57. The standard InChI is InChI=1S/C42H59N5O10/c1-12-32-42(8)36(45-40(51)57-42)25(4)33(46-52-11)23(2)21-41(7,53-18-14-15-28-20-30-29(44-22-28)16-13-17-43-30)37(26(5)34(48)27(6)38(50)55-32)56-39-35(49)31(47(9)10)19-24(3)54-39/h13,16-17,20,22-27,31-32,35-37,39,49H,12,18-19,21H2,1-11H3,(H,45,51)/b46-33+/t23-,24-,25+,26+,27-,31+,32-,35-,36-,37-,39+,41+,42-/m1/s1. The van der Waals surface area contributed by atoms with Crippen molar-refractivity contribution in [3.8, 4) is 11.8 Å². The highest BCUT2D eigenvalue weighted by atomic mass is 16.7. The molecule has 2 N–H and O–H groups in total. The zero-order valence-corrected chi connectivity index (χ0v) is 35.0. The van der Waals surface area contributed by atoms with E-state index in [1.54, 1.807) is 26.2 Å². The number of aliphatic hydroxyl groups excluding tert-OH is 1. The Morgan fingerprint density at radius 2 is 1.82 bits per heavy atom. The molecule has 5 rings (SSSR count). The third-order valence-corrected chi connectivity index (χ3v) is 11.9. The first-order valence-corrected chi connectivity index (χ1v) is 19.8. The Kier molecular flexibility index (Phi) is 14.0. The van der Waals surface area contributed by atoms with Gasteiger partial charge in [0.25, 0.3) is 0 Å². The summed E-state index contributed by atoms with van der Waals surface area (Å²) >= 11 is 0. The Hall–Kier alpha value is -4.20. The first kappa shape index (κ1) is 43.9. The number of carbonyl (C=O) groups is 3. The number of carbonyl (C=O) groups excluding carboxylic acids is 3. The molecule has 312 valence electrons. The van der Waals surface area contributed by atoms with Crippen molar-refractivity contribution < 1.29 is 48.0 Å². The molecule has 0 unspecified atom stereocenters. The predicted octanol–water partition coefficient (Wildman–Crippen LogP) is 4.28. The Bertz CT molecular complexity index is 1860. The molecule has 15 heteroatoms. The van der Waals surface area contributed by atoms with Gasteiger partial charge in [0.15, 0.2) is 17.7 Å². The van der Waals surface area contributed by atoms with Gasteiger partial charge in [0.1, 0.15) is 31.8 Å². The summed E-state index contributed by atoms with van der Waals surface area (Å²) < 4.78 is 31.7. The molecule has 3 aliphatic rings. The molecule has 13 atom stereocenters. The molecule has 0 radical (unpaired) electrons. The fourth-order valence-corrected chi connectivity index (χ4v) is 8.78. The summed E-state index contributed by atoms with van der Waals surface area (Å²) in [5, 5.41) is 19.1. The number of Topliss-reactive ketones (excluding diaryl/α,β-unsaturated/α-hetero) is 1. The summed E-state index contributed by atoms with van der Waals surface area (Å²) in [5.41, 5.74) is -0.00192. The van der Waals surface area contributed by atoms with E-state index in [-0.39, 0.29) is 25.2 Å². The minimum absolute atomic E-state index is 0.0955. The molecular formula is C42H59N5O10. The summed E-state index contributed by atoms with van der Waals surface area (Å²) in [6.07, 6.45) is -0.741. The number of nitrogens with one attached hydrogen (secondary N) is 1. The minimum atomic E-state index is -1.34. The molecule has 5 heterocycles. The van der Waals surface area contributed by atoms with Crippen LogP contribution in [0.25, 0.3) is 11.0 Å². The van der Waals surface area contributed by atoms with Gasteiger partial charge >= 0.3 is 12.1 Å². The molecule has 0 bridgehead atoms. The number of rotatable bonds is 7. The van der Waals surface area contributed by atoms with Gasteiger partial charge in [-0.2, -0.15) is 0 Å². The molecule has 2 aromatic heterocycles. The average Bonchev–Trinajstić information content (AvgIpc) is 3.49. The number of cyclic esters (lactones) is 1. The van der Waals surface area contributed by atoms with E-state index in [9.17, 15) is 19.5 Å². The molecule has 0 aliphatic carbocycles. The topological polar surface area (TPSA) is 180 Å². The van der Waals surface area contributed by atoms with E-state index >= 15 is 0 Å². The maximum atomic E-state index is 14.5. The van der Waals surface area contributed by atoms with Crippen LogP contribution in [0.15, 0.2) is 35.7 Å². The van der Waals surface area contributed by atoms with Gasteiger partial charge in [-0.25, -0.2) is 4.79 Å². The Morgan fingerprint density at radius 1 is 1.09 bits per heavy atom. The van der Waals surface area contributed by atoms with E-state index in [4.69, 9.17) is 28.5 Å². The number of ether oxygens (including phenoxy) is 5. The number of aromatic nitrogens is 2. The summed E-state index contributed by atoms with van der Waals surface area (Å²) in [6, 6.07) is 4.53. The lowest BCUT2D eigenvalue weighted by molar-refractivity contribution is -0.296. The van der Waals surface area contributed by atoms with Crippen molar-refractivity contribution in [2.45, 2.75) is 129 Å². The molecule has 15 nitrogen and oxygen atoms in total. The molecule has 57 heavy (non-hydrogen) atoms. The molecule has 3 aliphatic heterocycles. The summed E-state index contributed by atoms with van der Waals surface area (Å²) in [5.74, 6) is 1.83. The van der Waals surface area contributed by atoms with E-state index < -0.39 is 83.4 Å². The lowest BCUT2D eigenvalue weighted by Gasteiger charge is -2.47. The predicted molar refractivity (Wildman–Crippen MR) is 211 cm³/mol. The number of aliphatic hydroxyl groups is 1. The fraction of sp³-hybridized carbons (Fsp3) is 0.667. The molecule has 0 saturated carbocycles. The maximum absolute atomic E-state index is 14.5. The van der Waals surface area contributed by atoms with Crippen molar-refractivity contribution in [2.24, 2.45) is 28.8 Å². The largest absolute Gasteiger partial charge is 0.458 e. The van der Waals surface area contributed by atoms with Crippen molar-refractivity contribution in [3.63, 3.8) is 0 Å². The van der Waals surface area contributed by atoms with Crippen LogP contribution in [0.3, 0.4) is 0 Å². The van der Waals surface area contributed by atoms with E-state index in [2.05, 4.69) is 32.3 Å². The van der Waals surface area contributed by atoms with Crippen LogP contribution in [-0.2, 0) is 38.1 Å². The third kappa shape index (κ3) is 9.42. The van der Waals surface area contributed by atoms with Gasteiger partial charge in [-0.15, -0.1) is 0 Å². The summed E-state index contributed by atoms with van der Waals surface area (Å²) in [4.78, 5) is 57.5. The van der Waals surface area contributed by atoms with Crippen molar-refractivity contribution in [1.82, 2.24) is 20.2 Å². The number of fused-ring (bicyclic) bond motifs is 2. The van der Waals surface area contributed by atoms with Crippen molar-refractivity contribution in [1.29, 1.82) is 0 Å². The van der Waals surface area contributed by atoms with Gasteiger partial charge in [-0.05, 0) is 79.3 Å². The highest BCUT2D eigenvalue weighted by molar-refractivity contribution is 6.00. The van der Waals surface area contributed by atoms with Crippen LogP contribution in [-0.4, -0.2) is 125 Å². The van der Waals surface area contributed by atoms with E-state index in [1.165, 1.54) is 14.0 Å². The number of esters is 1. The van der Waals surface area contributed by atoms with Gasteiger partial charge < -0.3 is 43.8 Å². The lowest BCUT2D eigenvalue weighted by Crippen LogP contribution is -2.60. The Morgan fingerprint density at radius 3 is 2.51 bits per heavy atom. The van der Waals surface area contributed by atoms with Crippen LogP contribution in [0, 0.1) is 35.5 Å². The van der Waals surface area contributed by atoms with Crippen LogP contribution in [0.2, 0.25) is 0 Å². The molecular weight excluding hydrogens is 734 g/mol. The third-order valence-electron chi connectivity index (χ3n) is 11.9. The molecule has 3 fully saturated rings. The quantitative estimate of drug-likeness (QED) is 0.176. The van der Waals surface area contributed by atoms with Crippen LogP contribution in [0.1, 0.15) is 80.2 Å². The van der Waals surface area contributed by atoms with Gasteiger partial charge in [0.05, 0.1) is 40.6 Å². The molecule has 3 saturated heterocycles.